The fourth-order valence-corrected chi connectivity index (χ4v) is 2.89. The number of carbonyl (C=O) groups excluding carboxylic acids is 2. The topological polar surface area (TPSA) is 68.3 Å². The Balaban J connectivity index is 1.90. The molecule has 0 saturated carbocycles. The zero-order valence-corrected chi connectivity index (χ0v) is 15.7. The lowest BCUT2D eigenvalue weighted by molar-refractivity contribution is -0.124. The Morgan fingerprint density at radius 2 is 2.04 bits per heavy atom. The van der Waals surface area contributed by atoms with E-state index in [4.69, 9.17) is 27.9 Å². The highest BCUT2D eigenvalue weighted by molar-refractivity contribution is 9.10. The van der Waals surface area contributed by atoms with Gasteiger partial charge in [-0.3, -0.25) is 9.78 Å². The van der Waals surface area contributed by atoms with Crippen LogP contribution in [0.5, 0.6) is 0 Å². The van der Waals surface area contributed by atoms with Crippen LogP contribution < -0.4 is 5.32 Å². The van der Waals surface area contributed by atoms with Gasteiger partial charge in [-0.05, 0) is 46.6 Å². The first-order valence-electron chi connectivity index (χ1n) is 6.89. The van der Waals surface area contributed by atoms with E-state index in [0.717, 1.165) is 5.56 Å². The highest BCUT2D eigenvalue weighted by Gasteiger charge is 2.15. The Bertz CT molecular complexity index is 771. The normalized spacial score (nSPS) is 11.7. The number of amides is 1. The number of aromatic nitrogens is 1. The maximum atomic E-state index is 11.9. The SMILES string of the molecule is C[C@@H](NC(=O)COC(=O)c1cncc(Br)c1)c1ccc(Cl)cc1Cl. The summed E-state index contributed by atoms with van der Waals surface area (Å²) >= 11 is 15.2. The number of pyridine rings is 1. The highest BCUT2D eigenvalue weighted by atomic mass is 79.9. The van der Waals surface area contributed by atoms with E-state index in [-0.39, 0.29) is 11.6 Å². The van der Waals surface area contributed by atoms with E-state index in [0.29, 0.717) is 14.5 Å². The number of nitrogens with zero attached hydrogens (tertiary/aromatic N) is 1. The van der Waals surface area contributed by atoms with E-state index in [1.165, 1.54) is 6.20 Å². The third-order valence-corrected chi connectivity index (χ3v) is 4.08. The summed E-state index contributed by atoms with van der Waals surface area (Å²) in [6.07, 6.45) is 2.90. The number of benzene rings is 1. The number of esters is 1. The average molecular weight is 432 g/mol. The van der Waals surface area contributed by atoms with Crippen molar-refractivity contribution in [2.24, 2.45) is 0 Å². The second-order valence-electron chi connectivity index (χ2n) is 4.92. The predicted octanol–water partition coefficient (Wildman–Crippen LogP) is 4.19. The molecule has 0 spiro atoms. The predicted molar refractivity (Wildman–Crippen MR) is 95.2 cm³/mol. The van der Waals surface area contributed by atoms with Crippen LogP contribution in [-0.2, 0) is 9.53 Å². The van der Waals surface area contributed by atoms with Crippen molar-refractivity contribution in [1.29, 1.82) is 0 Å². The van der Waals surface area contributed by atoms with Crippen LogP contribution in [0, 0.1) is 0 Å². The van der Waals surface area contributed by atoms with Gasteiger partial charge in [0.1, 0.15) is 0 Å². The van der Waals surface area contributed by atoms with Gasteiger partial charge in [-0.15, -0.1) is 0 Å². The van der Waals surface area contributed by atoms with Gasteiger partial charge < -0.3 is 10.1 Å². The summed E-state index contributed by atoms with van der Waals surface area (Å²) in [5.41, 5.74) is 0.975. The fourth-order valence-electron chi connectivity index (χ4n) is 1.95. The Morgan fingerprint density at radius 1 is 1.29 bits per heavy atom. The number of rotatable bonds is 5. The fraction of sp³-hybridized carbons (Fsp3) is 0.188. The van der Waals surface area contributed by atoms with Crippen molar-refractivity contribution >= 4 is 51.0 Å². The van der Waals surface area contributed by atoms with Gasteiger partial charge in [0.15, 0.2) is 6.61 Å². The minimum absolute atomic E-state index is 0.256. The van der Waals surface area contributed by atoms with Crippen LogP contribution in [-0.4, -0.2) is 23.5 Å². The van der Waals surface area contributed by atoms with Gasteiger partial charge >= 0.3 is 5.97 Å². The molecule has 8 heteroatoms. The van der Waals surface area contributed by atoms with Gasteiger partial charge in [0.25, 0.3) is 5.91 Å². The molecule has 0 saturated heterocycles. The molecule has 1 heterocycles. The van der Waals surface area contributed by atoms with Crippen LogP contribution in [0.1, 0.15) is 28.9 Å². The maximum Gasteiger partial charge on any atom is 0.340 e. The lowest BCUT2D eigenvalue weighted by atomic mass is 10.1. The maximum absolute atomic E-state index is 11.9. The lowest BCUT2D eigenvalue weighted by Crippen LogP contribution is -2.31. The average Bonchev–Trinajstić information content (AvgIpc) is 2.52. The van der Waals surface area contributed by atoms with Crippen molar-refractivity contribution < 1.29 is 14.3 Å². The summed E-state index contributed by atoms with van der Waals surface area (Å²) in [5, 5.41) is 3.67. The molecule has 2 aromatic rings. The first-order chi connectivity index (χ1) is 11.4. The standard InChI is InChI=1S/C16H13BrCl2N2O3/c1-9(13-3-2-12(18)5-14(13)19)21-15(22)8-24-16(23)10-4-11(17)7-20-6-10/h2-7,9H,8H2,1H3,(H,21,22)/t9-/m1/s1. The van der Waals surface area contributed by atoms with Gasteiger partial charge in [-0.2, -0.15) is 0 Å². The van der Waals surface area contributed by atoms with Crippen molar-refractivity contribution in [2.75, 3.05) is 6.61 Å². The largest absolute Gasteiger partial charge is 0.452 e. The molecule has 24 heavy (non-hydrogen) atoms. The monoisotopic (exact) mass is 430 g/mol. The van der Waals surface area contributed by atoms with Crippen molar-refractivity contribution in [3.63, 3.8) is 0 Å². The molecule has 0 aliphatic heterocycles. The lowest BCUT2D eigenvalue weighted by Gasteiger charge is -2.16. The van der Waals surface area contributed by atoms with E-state index in [1.54, 1.807) is 37.4 Å². The summed E-state index contributed by atoms with van der Waals surface area (Å²) in [6.45, 7) is 1.37. The smallest absolute Gasteiger partial charge is 0.340 e. The molecule has 0 unspecified atom stereocenters. The molecule has 5 nitrogen and oxygen atoms in total. The second kappa shape index (κ2) is 8.46. The number of ether oxygens (including phenoxy) is 1. The van der Waals surface area contributed by atoms with E-state index >= 15 is 0 Å². The molecule has 0 radical (unpaired) electrons. The number of hydrogen-bond donors (Lipinski definition) is 1. The summed E-state index contributed by atoms with van der Waals surface area (Å²) in [6, 6.07) is 6.22. The first kappa shape index (κ1) is 18.7. The molecule has 0 aliphatic carbocycles. The molecular formula is C16H13BrCl2N2O3. The summed E-state index contributed by atoms with van der Waals surface area (Å²) in [7, 11) is 0. The Morgan fingerprint density at radius 3 is 2.71 bits per heavy atom. The van der Waals surface area contributed by atoms with Gasteiger partial charge in [0.2, 0.25) is 0 Å². The Kier molecular flexibility index (Phi) is 6.60. The molecule has 1 aromatic carbocycles. The summed E-state index contributed by atoms with van der Waals surface area (Å²) in [5.74, 6) is -1.07. The van der Waals surface area contributed by atoms with Crippen LogP contribution in [0.3, 0.4) is 0 Å². The number of halogens is 3. The number of hydrogen-bond acceptors (Lipinski definition) is 4. The van der Waals surface area contributed by atoms with Crippen molar-refractivity contribution in [1.82, 2.24) is 10.3 Å². The minimum atomic E-state index is -0.629. The molecule has 1 amide bonds. The molecule has 1 N–H and O–H groups in total. The van der Waals surface area contributed by atoms with Crippen LogP contribution in [0.25, 0.3) is 0 Å². The quantitative estimate of drug-likeness (QED) is 0.720. The zero-order valence-electron chi connectivity index (χ0n) is 12.6. The van der Waals surface area contributed by atoms with Crippen LogP contribution in [0.4, 0.5) is 0 Å². The van der Waals surface area contributed by atoms with Crippen molar-refractivity contribution in [2.45, 2.75) is 13.0 Å². The second-order valence-corrected chi connectivity index (χ2v) is 6.68. The van der Waals surface area contributed by atoms with Crippen LogP contribution in [0.15, 0.2) is 41.1 Å². The van der Waals surface area contributed by atoms with Crippen LogP contribution in [0.2, 0.25) is 10.0 Å². The van der Waals surface area contributed by atoms with Gasteiger partial charge in [0.05, 0.1) is 11.6 Å². The van der Waals surface area contributed by atoms with Crippen molar-refractivity contribution in [3.05, 3.63) is 62.3 Å². The molecule has 0 bridgehead atoms. The first-order valence-corrected chi connectivity index (χ1v) is 8.43. The molecule has 0 fully saturated rings. The third-order valence-electron chi connectivity index (χ3n) is 3.08. The van der Waals surface area contributed by atoms with Gasteiger partial charge in [-0.25, -0.2) is 4.79 Å². The number of carbonyl (C=O) groups is 2. The summed E-state index contributed by atoms with van der Waals surface area (Å²) in [4.78, 5) is 27.6. The minimum Gasteiger partial charge on any atom is -0.452 e. The molecule has 0 aliphatic rings. The van der Waals surface area contributed by atoms with E-state index in [2.05, 4.69) is 26.2 Å². The molecule has 1 aromatic heterocycles. The molecular weight excluding hydrogens is 419 g/mol. The van der Waals surface area contributed by atoms with Gasteiger partial charge in [-0.1, -0.05) is 29.3 Å². The molecule has 2 rings (SSSR count). The molecule has 126 valence electrons. The Hall–Kier alpha value is -1.63. The third kappa shape index (κ3) is 5.19. The number of nitrogens with one attached hydrogen (secondary N) is 1. The van der Waals surface area contributed by atoms with Crippen molar-refractivity contribution in [3.8, 4) is 0 Å². The van der Waals surface area contributed by atoms with E-state index in [9.17, 15) is 9.59 Å². The van der Waals surface area contributed by atoms with E-state index in [1.807, 2.05) is 0 Å². The van der Waals surface area contributed by atoms with Crippen LogP contribution >= 0.6 is 39.1 Å². The van der Waals surface area contributed by atoms with Gasteiger partial charge in [0, 0.05) is 26.9 Å². The Labute approximate surface area is 157 Å². The molecule has 1 atom stereocenters. The van der Waals surface area contributed by atoms with E-state index < -0.39 is 18.5 Å². The summed E-state index contributed by atoms with van der Waals surface area (Å²) < 4.78 is 5.61. The highest BCUT2D eigenvalue weighted by Crippen LogP contribution is 2.26. The zero-order chi connectivity index (χ0) is 17.7.